The lowest BCUT2D eigenvalue weighted by molar-refractivity contribution is 0.0506. The van der Waals surface area contributed by atoms with Crippen molar-refractivity contribution in [2.45, 2.75) is 45.8 Å². The summed E-state index contributed by atoms with van der Waals surface area (Å²) in [7, 11) is 0. The highest BCUT2D eigenvalue weighted by Crippen LogP contribution is 2.18. The van der Waals surface area contributed by atoms with Crippen LogP contribution in [0.5, 0.6) is 0 Å². The highest BCUT2D eigenvalue weighted by atomic mass is 79.9. The molecule has 1 saturated heterocycles. The lowest BCUT2D eigenvalue weighted by atomic mass is 9.97. The first kappa shape index (κ1) is 18.2. The molecule has 6 heteroatoms. The summed E-state index contributed by atoms with van der Waals surface area (Å²) in [5, 5.41) is 2.89. The van der Waals surface area contributed by atoms with Crippen molar-refractivity contribution in [1.29, 1.82) is 0 Å². The van der Waals surface area contributed by atoms with Gasteiger partial charge in [-0.05, 0) is 73.6 Å². The molecule has 0 saturated carbocycles. The van der Waals surface area contributed by atoms with Gasteiger partial charge in [-0.25, -0.2) is 9.78 Å². The van der Waals surface area contributed by atoms with E-state index in [4.69, 9.17) is 4.74 Å². The number of pyridine rings is 1. The van der Waals surface area contributed by atoms with Gasteiger partial charge < -0.3 is 10.1 Å². The number of nitrogens with zero attached hydrogens (tertiary/aromatic N) is 2. The van der Waals surface area contributed by atoms with Crippen LogP contribution in [0.3, 0.4) is 0 Å². The van der Waals surface area contributed by atoms with Crippen LogP contribution in [0.1, 0.15) is 39.2 Å². The zero-order valence-electron chi connectivity index (χ0n) is 14.1. The minimum absolute atomic E-state index is 0.327. The van der Waals surface area contributed by atoms with Crippen molar-refractivity contribution in [3.05, 3.63) is 28.5 Å². The Morgan fingerprint density at radius 1 is 1.48 bits per heavy atom. The molecule has 1 aliphatic rings. The van der Waals surface area contributed by atoms with Gasteiger partial charge in [0.05, 0.1) is 0 Å². The van der Waals surface area contributed by atoms with E-state index in [1.54, 1.807) is 0 Å². The Labute approximate surface area is 146 Å². The predicted octanol–water partition coefficient (Wildman–Crippen LogP) is 3.58. The zero-order valence-corrected chi connectivity index (χ0v) is 15.7. The Hall–Kier alpha value is -1.14. The molecule has 1 aliphatic heterocycles. The maximum absolute atomic E-state index is 11.7. The number of nitrogens with one attached hydrogen (secondary N) is 1. The van der Waals surface area contributed by atoms with E-state index in [1.165, 1.54) is 5.56 Å². The molecule has 1 atom stereocenters. The topological polar surface area (TPSA) is 54.5 Å². The second-order valence-corrected chi connectivity index (χ2v) is 7.93. The molecule has 0 unspecified atom stereocenters. The number of aromatic nitrogens is 1. The molecule has 1 aromatic rings. The maximum Gasteiger partial charge on any atom is 0.407 e. The van der Waals surface area contributed by atoms with Gasteiger partial charge in [0.15, 0.2) is 0 Å². The van der Waals surface area contributed by atoms with Crippen LogP contribution in [-0.2, 0) is 11.3 Å². The van der Waals surface area contributed by atoms with E-state index in [-0.39, 0.29) is 6.09 Å². The van der Waals surface area contributed by atoms with Crippen molar-refractivity contribution in [1.82, 2.24) is 15.2 Å². The van der Waals surface area contributed by atoms with Gasteiger partial charge in [-0.3, -0.25) is 4.90 Å². The predicted molar refractivity (Wildman–Crippen MR) is 94.2 cm³/mol. The molecule has 5 nitrogen and oxygen atoms in total. The van der Waals surface area contributed by atoms with Gasteiger partial charge in [0.25, 0.3) is 0 Å². The first-order valence-electron chi connectivity index (χ1n) is 8.11. The number of halogens is 1. The SMILES string of the molecule is CC(C)(C)OC(=O)NC[C@H]1CCCN(Cc2ccc(Br)nc2)C1. The van der Waals surface area contributed by atoms with Crippen LogP contribution in [0.2, 0.25) is 0 Å². The number of carbonyl (C=O) groups is 1. The molecule has 0 spiro atoms. The average molecular weight is 384 g/mol. The molecule has 1 fully saturated rings. The number of rotatable bonds is 4. The third kappa shape index (κ3) is 6.87. The van der Waals surface area contributed by atoms with Crippen molar-refractivity contribution in [2.75, 3.05) is 19.6 Å². The van der Waals surface area contributed by atoms with E-state index in [9.17, 15) is 4.79 Å². The van der Waals surface area contributed by atoms with Crippen LogP contribution in [-0.4, -0.2) is 41.2 Å². The largest absolute Gasteiger partial charge is 0.444 e. The number of likely N-dealkylation sites (tertiary alicyclic amines) is 1. The fourth-order valence-corrected chi connectivity index (χ4v) is 3.00. The summed E-state index contributed by atoms with van der Waals surface area (Å²) in [5.74, 6) is 0.472. The van der Waals surface area contributed by atoms with Crippen LogP contribution in [0.4, 0.5) is 4.79 Å². The number of piperidine rings is 1. The van der Waals surface area contributed by atoms with Gasteiger partial charge in [0, 0.05) is 25.8 Å². The summed E-state index contributed by atoms with van der Waals surface area (Å²) in [6, 6.07) is 4.07. The third-order valence-corrected chi connectivity index (χ3v) is 4.20. The zero-order chi connectivity index (χ0) is 16.9. The Morgan fingerprint density at radius 2 is 2.26 bits per heavy atom. The molecule has 1 amide bonds. The Bertz CT molecular complexity index is 514. The van der Waals surface area contributed by atoms with Crippen LogP contribution < -0.4 is 5.32 Å². The minimum Gasteiger partial charge on any atom is -0.444 e. The fourth-order valence-electron chi connectivity index (χ4n) is 2.76. The van der Waals surface area contributed by atoms with E-state index in [0.29, 0.717) is 12.5 Å². The molecule has 2 heterocycles. The highest BCUT2D eigenvalue weighted by Gasteiger charge is 2.22. The van der Waals surface area contributed by atoms with E-state index in [1.807, 2.05) is 33.0 Å². The molecule has 2 rings (SSSR count). The Morgan fingerprint density at radius 3 is 2.91 bits per heavy atom. The first-order chi connectivity index (χ1) is 10.8. The molecule has 0 aromatic carbocycles. The van der Waals surface area contributed by atoms with Crippen molar-refractivity contribution in [3.63, 3.8) is 0 Å². The molecule has 1 N–H and O–H groups in total. The van der Waals surface area contributed by atoms with E-state index >= 15 is 0 Å². The van der Waals surface area contributed by atoms with Crippen LogP contribution in [0.15, 0.2) is 22.9 Å². The standard InChI is InChI=1S/C17H26BrN3O2/c1-17(2,3)23-16(22)20-10-13-5-4-8-21(11-13)12-14-6-7-15(18)19-9-14/h6-7,9,13H,4-5,8,10-12H2,1-3H3,(H,20,22)/t13-/m1/s1. The van der Waals surface area contributed by atoms with Crippen molar-refractivity contribution >= 4 is 22.0 Å². The number of carbonyl (C=O) groups excluding carboxylic acids is 1. The van der Waals surface area contributed by atoms with Gasteiger partial charge in [-0.1, -0.05) is 6.07 Å². The Kier molecular flexibility index (Phi) is 6.41. The fraction of sp³-hybridized carbons (Fsp3) is 0.647. The Balaban J connectivity index is 1.77. The number of hydrogen-bond donors (Lipinski definition) is 1. The monoisotopic (exact) mass is 383 g/mol. The lowest BCUT2D eigenvalue weighted by Crippen LogP contribution is -2.41. The summed E-state index contributed by atoms with van der Waals surface area (Å²) in [6.45, 7) is 9.29. The quantitative estimate of drug-likeness (QED) is 0.807. The second kappa shape index (κ2) is 8.11. The molecule has 1 aromatic heterocycles. The third-order valence-electron chi connectivity index (χ3n) is 3.73. The summed E-state index contributed by atoms with van der Waals surface area (Å²) in [4.78, 5) is 18.4. The second-order valence-electron chi connectivity index (χ2n) is 7.12. The molecule has 0 radical (unpaired) electrons. The first-order valence-corrected chi connectivity index (χ1v) is 8.91. The summed E-state index contributed by atoms with van der Waals surface area (Å²) >= 11 is 3.36. The van der Waals surface area contributed by atoms with Gasteiger partial charge in [-0.2, -0.15) is 0 Å². The molecular weight excluding hydrogens is 358 g/mol. The summed E-state index contributed by atoms with van der Waals surface area (Å²) in [5.41, 5.74) is 0.769. The van der Waals surface area contributed by atoms with Gasteiger partial charge in [0.1, 0.15) is 10.2 Å². The number of hydrogen-bond acceptors (Lipinski definition) is 4. The number of amides is 1. The summed E-state index contributed by atoms with van der Waals surface area (Å²) < 4.78 is 6.15. The van der Waals surface area contributed by atoms with Crippen molar-refractivity contribution in [2.24, 2.45) is 5.92 Å². The van der Waals surface area contributed by atoms with Crippen molar-refractivity contribution < 1.29 is 9.53 Å². The normalized spacial score (nSPS) is 19.4. The van der Waals surface area contributed by atoms with Gasteiger partial charge in [-0.15, -0.1) is 0 Å². The summed E-state index contributed by atoms with van der Waals surface area (Å²) in [6.07, 6.45) is 3.88. The van der Waals surface area contributed by atoms with Crippen LogP contribution >= 0.6 is 15.9 Å². The molecule has 0 bridgehead atoms. The average Bonchev–Trinajstić information content (AvgIpc) is 2.46. The molecule has 0 aliphatic carbocycles. The van der Waals surface area contributed by atoms with Crippen LogP contribution in [0.25, 0.3) is 0 Å². The smallest absolute Gasteiger partial charge is 0.407 e. The van der Waals surface area contributed by atoms with E-state index in [0.717, 1.165) is 37.1 Å². The van der Waals surface area contributed by atoms with E-state index in [2.05, 4.69) is 37.2 Å². The van der Waals surface area contributed by atoms with Gasteiger partial charge in [0.2, 0.25) is 0 Å². The van der Waals surface area contributed by atoms with Crippen molar-refractivity contribution in [3.8, 4) is 0 Å². The van der Waals surface area contributed by atoms with Gasteiger partial charge >= 0.3 is 6.09 Å². The lowest BCUT2D eigenvalue weighted by Gasteiger charge is -2.33. The molecular formula is C17H26BrN3O2. The molecule has 128 valence electrons. The highest BCUT2D eigenvalue weighted by molar-refractivity contribution is 9.10. The van der Waals surface area contributed by atoms with E-state index < -0.39 is 5.60 Å². The molecule has 23 heavy (non-hydrogen) atoms. The van der Waals surface area contributed by atoms with Crippen LogP contribution in [0, 0.1) is 5.92 Å². The maximum atomic E-state index is 11.7. The number of alkyl carbamates (subject to hydrolysis) is 1. The number of ether oxygens (including phenoxy) is 1. The minimum atomic E-state index is -0.447.